The summed E-state index contributed by atoms with van der Waals surface area (Å²) in [4.78, 5) is 1.53. The van der Waals surface area contributed by atoms with Gasteiger partial charge in [0.25, 0.3) is 0 Å². The fourth-order valence-electron chi connectivity index (χ4n) is 0.612. The summed E-state index contributed by atoms with van der Waals surface area (Å²) in [5.41, 5.74) is 0. The lowest BCUT2D eigenvalue weighted by Gasteiger charge is -2.04. The van der Waals surface area contributed by atoms with Gasteiger partial charge in [0.1, 0.15) is 13.1 Å². The van der Waals surface area contributed by atoms with Gasteiger partial charge in [-0.25, -0.2) is 0 Å². The second-order valence-corrected chi connectivity index (χ2v) is 3.31. The van der Waals surface area contributed by atoms with E-state index in [0.29, 0.717) is 0 Å². The van der Waals surface area contributed by atoms with E-state index in [4.69, 9.17) is 0 Å². The van der Waals surface area contributed by atoms with Crippen molar-refractivity contribution in [1.82, 2.24) is 0 Å². The van der Waals surface area contributed by atoms with Crippen molar-refractivity contribution < 1.29 is 10.2 Å². The fraction of sp³-hybridized carbons (Fsp3) is 1.00. The van der Waals surface area contributed by atoms with E-state index >= 15 is 0 Å². The van der Waals surface area contributed by atoms with Crippen LogP contribution >= 0.6 is 15.9 Å². The van der Waals surface area contributed by atoms with E-state index in [9.17, 15) is 0 Å². The lowest BCUT2D eigenvalue weighted by molar-refractivity contribution is -0.874. The van der Waals surface area contributed by atoms with Crippen molar-refractivity contribution in [3.63, 3.8) is 0 Å². The third-order valence-corrected chi connectivity index (χ3v) is 1.62. The van der Waals surface area contributed by atoms with Crippen molar-refractivity contribution in [2.24, 2.45) is 0 Å². The van der Waals surface area contributed by atoms with E-state index in [1.165, 1.54) is 24.5 Å². The Morgan fingerprint density at radius 2 is 2.00 bits per heavy atom. The monoisotopic (exact) mass is 196 g/mol. The summed E-state index contributed by atoms with van der Waals surface area (Å²) in [6.07, 6.45) is 0. The Kier molecular flexibility index (Phi) is 6.81. The molecule has 0 aromatic heterocycles. The quantitative estimate of drug-likeness (QED) is 0.379. The average Bonchev–Trinajstić information content (AvgIpc) is 1.80. The summed E-state index contributed by atoms with van der Waals surface area (Å²) in [6.45, 7) is 3.70. The minimum atomic E-state index is 1.11. The van der Waals surface area contributed by atoms with Crippen LogP contribution in [0.5, 0.6) is 0 Å². The summed E-state index contributed by atoms with van der Waals surface area (Å²) in [6, 6.07) is 0. The molecule has 0 bridgehead atoms. The Morgan fingerprint density at radius 1 is 1.33 bits per heavy atom. The summed E-state index contributed by atoms with van der Waals surface area (Å²) in [7, 11) is 4.37. The number of likely N-dealkylation sites (N-methyl/N-ethyl adjacent to an activating group) is 1. The molecular formula is C6H17BrN2+2. The number of hydrogen-bond acceptors (Lipinski definition) is 0. The third-order valence-electron chi connectivity index (χ3n) is 1.16. The normalized spacial score (nSPS) is 10.7. The highest BCUT2D eigenvalue weighted by molar-refractivity contribution is 9.09. The lowest BCUT2D eigenvalue weighted by atomic mass is 10.5. The molecule has 0 saturated carbocycles. The number of nitrogens with two attached hydrogens (primary N) is 1. The molecule has 0 radical (unpaired) electrons. The molecule has 9 heavy (non-hydrogen) atoms. The highest BCUT2D eigenvalue weighted by Crippen LogP contribution is 1.67. The van der Waals surface area contributed by atoms with E-state index < -0.39 is 0 Å². The van der Waals surface area contributed by atoms with Crippen molar-refractivity contribution in [3.8, 4) is 0 Å². The van der Waals surface area contributed by atoms with Crippen molar-refractivity contribution in [1.29, 1.82) is 0 Å². The van der Waals surface area contributed by atoms with E-state index in [1.54, 1.807) is 0 Å². The first-order chi connectivity index (χ1) is 4.27. The first kappa shape index (κ1) is 9.40. The summed E-state index contributed by atoms with van der Waals surface area (Å²) in [5.74, 6) is 0. The molecule has 0 aliphatic carbocycles. The van der Waals surface area contributed by atoms with Crippen LogP contribution in [-0.2, 0) is 0 Å². The van der Waals surface area contributed by atoms with Crippen LogP contribution < -0.4 is 10.2 Å². The molecular weight excluding hydrogens is 180 g/mol. The zero-order valence-electron chi connectivity index (χ0n) is 6.28. The summed E-state index contributed by atoms with van der Waals surface area (Å²) >= 11 is 3.38. The second kappa shape index (κ2) is 6.52. The van der Waals surface area contributed by atoms with Gasteiger partial charge in [-0.15, -0.1) is 0 Å². The van der Waals surface area contributed by atoms with Gasteiger partial charge in [0, 0.05) is 0 Å². The molecule has 0 rings (SSSR count). The molecule has 0 spiro atoms. The molecule has 3 N–H and O–H groups in total. The predicted molar refractivity (Wildman–Crippen MR) is 43.1 cm³/mol. The zero-order valence-corrected chi connectivity index (χ0v) is 7.87. The standard InChI is InChI=1S/C6H15BrN2/c1-9(2)6-5-8-4-3-7/h8H,3-6H2,1-2H3/p+2. The SMILES string of the molecule is C[NH+](C)CC[NH2+]CCBr. The van der Waals surface area contributed by atoms with Crippen molar-refractivity contribution in [3.05, 3.63) is 0 Å². The van der Waals surface area contributed by atoms with Crippen LogP contribution in [0.15, 0.2) is 0 Å². The largest absolute Gasteiger partial charge is 0.341 e. The smallest absolute Gasteiger partial charge is 0.126 e. The molecule has 3 heteroatoms. The van der Waals surface area contributed by atoms with Gasteiger partial charge in [-0.2, -0.15) is 0 Å². The van der Waals surface area contributed by atoms with E-state index in [2.05, 4.69) is 35.3 Å². The molecule has 0 unspecified atom stereocenters. The third kappa shape index (κ3) is 8.40. The number of hydrogen-bond donors (Lipinski definition) is 2. The predicted octanol–water partition coefficient (Wildman–Crippen LogP) is -1.91. The Balaban J connectivity index is 2.75. The van der Waals surface area contributed by atoms with Crippen molar-refractivity contribution in [2.75, 3.05) is 39.1 Å². The van der Waals surface area contributed by atoms with Gasteiger partial charge in [0.05, 0.1) is 26.0 Å². The molecule has 0 aromatic rings. The molecule has 0 atom stereocenters. The highest BCUT2D eigenvalue weighted by Gasteiger charge is 1.93. The van der Waals surface area contributed by atoms with Crippen LogP contribution in [0.2, 0.25) is 0 Å². The molecule has 0 heterocycles. The second-order valence-electron chi connectivity index (χ2n) is 2.51. The van der Waals surface area contributed by atoms with Crippen LogP contribution in [0, 0.1) is 0 Å². The van der Waals surface area contributed by atoms with Crippen LogP contribution in [-0.4, -0.2) is 39.1 Å². The fourth-order valence-corrected chi connectivity index (χ4v) is 0.936. The topological polar surface area (TPSA) is 21.1 Å². The molecule has 0 aromatic carbocycles. The molecule has 0 aliphatic heterocycles. The van der Waals surface area contributed by atoms with Crippen molar-refractivity contribution >= 4 is 15.9 Å². The summed E-state index contributed by atoms with van der Waals surface area (Å²) < 4.78 is 0. The molecule has 56 valence electrons. The van der Waals surface area contributed by atoms with Crippen molar-refractivity contribution in [2.45, 2.75) is 0 Å². The molecule has 0 amide bonds. The van der Waals surface area contributed by atoms with Crippen LogP contribution in [0.4, 0.5) is 0 Å². The minimum Gasteiger partial charge on any atom is -0.341 e. The zero-order chi connectivity index (χ0) is 7.11. The van der Waals surface area contributed by atoms with Gasteiger partial charge >= 0.3 is 0 Å². The van der Waals surface area contributed by atoms with Crippen LogP contribution in [0.1, 0.15) is 0 Å². The average molecular weight is 197 g/mol. The van der Waals surface area contributed by atoms with Gasteiger partial charge in [-0.05, 0) is 0 Å². The van der Waals surface area contributed by atoms with Gasteiger partial charge in [-0.1, -0.05) is 15.9 Å². The van der Waals surface area contributed by atoms with Gasteiger partial charge in [0.15, 0.2) is 0 Å². The maximum atomic E-state index is 3.38. The van der Waals surface area contributed by atoms with Crippen LogP contribution in [0.25, 0.3) is 0 Å². The van der Waals surface area contributed by atoms with Crippen LogP contribution in [0.3, 0.4) is 0 Å². The minimum absolute atomic E-state index is 1.11. The molecule has 0 saturated heterocycles. The number of nitrogens with one attached hydrogen (secondary N) is 1. The maximum Gasteiger partial charge on any atom is 0.126 e. The number of halogens is 1. The summed E-state index contributed by atoms with van der Waals surface area (Å²) in [5, 5.41) is 3.44. The van der Waals surface area contributed by atoms with Gasteiger partial charge < -0.3 is 10.2 Å². The Morgan fingerprint density at radius 3 is 2.44 bits per heavy atom. The lowest BCUT2D eigenvalue weighted by Crippen LogP contribution is -3.09. The van der Waals surface area contributed by atoms with E-state index in [-0.39, 0.29) is 0 Å². The van der Waals surface area contributed by atoms with E-state index in [0.717, 1.165) is 5.33 Å². The first-order valence-electron chi connectivity index (χ1n) is 3.44. The number of rotatable bonds is 5. The number of alkyl halides is 1. The van der Waals surface area contributed by atoms with E-state index in [1.807, 2.05) is 0 Å². The van der Waals surface area contributed by atoms with Gasteiger partial charge in [0.2, 0.25) is 0 Å². The van der Waals surface area contributed by atoms with Gasteiger partial charge in [-0.3, -0.25) is 0 Å². The first-order valence-corrected chi connectivity index (χ1v) is 4.56. The molecule has 2 nitrogen and oxygen atoms in total. The Hall–Kier alpha value is 0.400. The highest BCUT2D eigenvalue weighted by atomic mass is 79.9. The maximum absolute atomic E-state index is 3.38. The Labute approximate surface area is 65.7 Å². The Bertz CT molecular complexity index is 57.0. The molecule has 0 fully saturated rings. The number of quaternary nitrogens is 2. The molecule has 0 aliphatic rings.